The molecule has 0 spiro atoms. The molecule has 198 valence electrons. The van der Waals surface area contributed by atoms with Crippen LogP contribution in [0.1, 0.15) is 54.6 Å². The van der Waals surface area contributed by atoms with E-state index in [0.29, 0.717) is 24.3 Å². The molecular formula is C29H33F3N2O3. The summed E-state index contributed by atoms with van der Waals surface area (Å²) < 4.78 is 50.4. The number of hydrogen-bond donors (Lipinski definition) is 2. The Labute approximate surface area is 216 Å². The predicted octanol–water partition coefficient (Wildman–Crippen LogP) is 6.25. The molecule has 5 nitrogen and oxygen atoms in total. The zero-order chi connectivity index (χ0) is 27.0. The van der Waals surface area contributed by atoms with E-state index < -0.39 is 17.8 Å². The number of benzene rings is 3. The van der Waals surface area contributed by atoms with Gasteiger partial charge in [-0.3, -0.25) is 10.1 Å². The van der Waals surface area contributed by atoms with E-state index in [4.69, 9.17) is 9.47 Å². The SMILES string of the molecule is CNC(=O)[C@H](N[C@H](CCc1ccc(C(F)(F)F)cc1)c1ccc(OC(C)C)c(OC)c1)c1ccccc1. The first-order chi connectivity index (χ1) is 17.6. The Morgan fingerprint density at radius 2 is 1.59 bits per heavy atom. The van der Waals surface area contributed by atoms with Crippen molar-refractivity contribution in [3.63, 3.8) is 0 Å². The minimum Gasteiger partial charge on any atom is -0.493 e. The van der Waals surface area contributed by atoms with Gasteiger partial charge in [0.2, 0.25) is 5.91 Å². The van der Waals surface area contributed by atoms with Gasteiger partial charge in [-0.1, -0.05) is 48.5 Å². The number of ether oxygens (including phenoxy) is 2. The van der Waals surface area contributed by atoms with Crippen LogP contribution in [-0.2, 0) is 17.4 Å². The van der Waals surface area contributed by atoms with Gasteiger partial charge in [-0.15, -0.1) is 0 Å². The minimum atomic E-state index is -4.38. The lowest BCUT2D eigenvalue weighted by Crippen LogP contribution is -2.38. The maximum absolute atomic E-state index is 13.0. The third kappa shape index (κ3) is 7.73. The summed E-state index contributed by atoms with van der Waals surface area (Å²) in [5.41, 5.74) is 1.75. The number of carbonyl (C=O) groups excluding carboxylic acids is 1. The fourth-order valence-electron chi connectivity index (χ4n) is 4.08. The molecule has 2 N–H and O–H groups in total. The summed E-state index contributed by atoms with van der Waals surface area (Å²) in [6.45, 7) is 3.85. The number of nitrogens with one attached hydrogen (secondary N) is 2. The molecule has 3 aromatic rings. The second-order valence-corrected chi connectivity index (χ2v) is 8.99. The van der Waals surface area contributed by atoms with Gasteiger partial charge in [-0.25, -0.2) is 0 Å². The number of carbonyl (C=O) groups is 1. The molecule has 0 aliphatic heterocycles. The molecule has 0 saturated heterocycles. The van der Waals surface area contributed by atoms with Crippen molar-refractivity contribution >= 4 is 5.91 Å². The van der Waals surface area contributed by atoms with Crippen LogP contribution in [0.25, 0.3) is 0 Å². The molecule has 0 unspecified atom stereocenters. The fraction of sp³-hybridized carbons (Fsp3) is 0.345. The van der Waals surface area contributed by atoms with E-state index >= 15 is 0 Å². The van der Waals surface area contributed by atoms with Crippen LogP contribution in [0, 0.1) is 0 Å². The third-order valence-electron chi connectivity index (χ3n) is 5.97. The number of rotatable bonds is 11. The first-order valence-corrected chi connectivity index (χ1v) is 12.2. The Morgan fingerprint density at radius 1 is 0.919 bits per heavy atom. The van der Waals surface area contributed by atoms with Crippen molar-refractivity contribution in [3.05, 3.63) is 95.1 Å². The zero-order valence-electron chi connectivity index (χ0n) is 21.4. The number of likely N-dealkylation sites (N-methyl/N-ethyl adjacent to an activating group) is 1. The number of amides is 1. The Morgan fingerprint density at radius 3 is 2.16 bits per heavy atom. The maximum atomic E-state index is 13.0. The Bertz CT molecular complexity index is 1150. The van der Waals surface area contributed by atoms with Crippen LogP contribution < -0.4 is 20.1 Å². The molecule has 0 aliphatic rings. The largest absolute Gasteiger partial charge is 0.493 e. The number of methoxy groups -OCH3 is 1. The van der Waals surface area contributed by atoms with Crippen molar-refractivity contribution in [2.24, 2.45) is 0 Å². The van der Waals surface area contributed by atoms with Gasteiger partial charge in [0.05, 0.1) is 18.8 Å². The van der Waals surface area contributed by atoms with Crippen molar-refractivity contribution in [1.29, 1.82) is 0 Å². The lowest BCUT2D eigenvalue weighted by molar-refractivity contribution is -0.137. The molecular weight excluding hydrogens is 481 g/mol. The van der Waals surface area contributed by atoms with Crippen molar-refractivity contribution < 1.29 is 27.4 Å². The molecule has 0 radical (unpaired) electrons. The average molecular weight is 515 g/mol. The normalized spacial score (nSPS) is 13.2. The standard InChI is InChI=1S/C29H33F3N2O3/c1-19(2)37-25-17-13-22(18-26(25)36-4)24(16-12-20-10-14-23(15-11-20)29(30,31)32)34-27(28(35)33-3)21-8-6-5-7-9-21/h5-11,13-15,17-19,24,27,34H,12,16H2,1-4H3,(H,33,35)/t24-,27-/m1/s1. The van der Waals surface area contributed by atoms with Gasteiger partial charge < -0.3 is 14.8 Å². The first-order valence-electron chi connectivity index (χ1n) is 12.2. The summed E-state index contributed by atoms with van der Waals surface area (Å²) in [5.74, 6) is 0.967. The van der Waals surface area contributed by atoms with Crippen LogP contribution in [0.3, 0.4) is 0 Å². The van der Waals surface area contributed by atoms with E-state index in [-0.39, 0.29) is 18.1 Å². The Balaban J connectivity index is 1.93. The molecule has 0 saturated carbocycles. The molecule has 0 bridgehead atoms. The van der Waals surface area contributed by atoms with Gasteiger partial charge in [-0.2, -0.15) is 13.2 Å². The summed E-state index contributed by atoms with van der Waals surface area (Å²) in [6.07, 6.45) is -3.39. The van der Waals surface area contributed by atoms with Gasteiger partial charge in [-0.05, 0) is 67.6 Å². The van der Waals surface area contributed by atoms with Crippen molar-refractivity contribution in [3.8, 4) is 11.5 Å². The summed E-state index contributed by atoms with van der Waals surface area (Å²) in [7, 11) is 3.15. The molecule has 0 aromatic heterocycles. The number of hydrogen-bond acceptors (Lipinski definition) is 4. The van der Waals surface area contributed by atoms with Crippen LogP contribution in [-0.4, -0.2) is 26.2 Å². The molecule has 3 rings (SSSR count). The van der Waals surface area contributed by atoms with Gasteiger partial charge in [0.25, 0.3) is 0 Å². The second kappa shape index (κ2) is 12.6. The van der Waals surface area contributed by atoms with E-state index in [0.717, 1.165) is 28.8 Å². The smallest absolute Gasteiger partial charge is 0.416 e. The lowest BCUT2D eigenvalue weighted by atomic mass is 9.95. The maximum Gasteiger partial charge on any atom is 0.416 e. The number of alkyl halides is 3. The quantitative estimate of drug-likeness (QED) is 0.318. The molecule has 2 atom stereocenters. The third-order valence-corrected chi connectivity index (χ3v) is 5.97. The summed E-state index contributed by atoms with van der Waals surface area (Å²) in [5, 5.41) is 6.18. The Kier molecular flexibility index (Phi) is 9.58. The zero-order valence-corrected chi connectivity index (χ0v) is 21.4. The van der Waals surface area contributed by atoms with E-state index in [1.807, 2.05) is 62.4 Å². The van der Waals surface area contributed by atoms with Gasteiger partial charge in [0.15, 0.2) is 11.5 Å². The van der Waals surface area contributed by atoms with Crippen molar-refractivity contribution in [2.45, 2.75) is 51.1 Å². The predicted molar refractivity (Wildman–Crippen MR) is 138 cm³/mol. The summed E-state index contributed by atoms with van der Waals surface area (Å²) in [6, 6.07) is 19.2. The van der Waals surface area contributed by atoms with Crippen LogP contribution in [0.4, 0.5) is 13.2 Å². The van der Waals surface area contributed by atoms with Crippen LogP contribution in [0.2, 0.25) is 0 Å². The second-order valence-electron chi connectivity index (χ2n) is 8.99. The molecule has 8 heteroatoms. The molecule has 3 aromatic carbocycles. The van der Waals surface area contributed by atoms with E-state index in [2.05, 4.69) is 10.6 Å². The van der Waals surface area contributed by atoms with E-state index in [1.54, 1.807) is 14.2 Å². The lowest BCUT2D eigenvalue weighted by Gasteiger charge is -2.27. The highest BCUT2D eigenvalue weighted by Crippen LogP contribution is 2.34. The fourth-order valence-corrected chi connectivity index (χ4v) is 4.08. The monoisotopic (exact) mass is 514 g/mol. The average Bonchev–Trinajstić information content (AvgIpc) is 2.88. The van der Waals surface area contributed by atoms with Gasteiger partial charge in [0.1, 0.15) is 6.04 Å². The number of aryl methyl sites for hydroxylation is 1. The molecule has 37 heavy (non-hydrogen) atoms. The first kappa shape index (κ1) is 28.1. The molecule has 0 heterocycles. The number of halogens is 3. The summed E-state index contributed by atoms with van der Waals surface area (Å²) in [4.78, 5) is 12.9. The van der Waals surface area contributed by atoms with Gasteiger partial charge >= 0.3 is 6.18 Å². The molecule has 0 aliphatic carbocycles. The highest BCUT2D eigenvalue weighted by molar-refractivity contribution is 5.83. The van der Waals surface area contributed by atoms with Crippen LogP contribution >= 0.6 is 0 Å². The van der Waals surface area contributed by atoms with Crippen molar-refractivity contribution in [1.82, 2.24) is 10.6 Å². The van der Waals surface area contributed by atoms with E-state index in [9.17, 15) is 18.0 Å². The molecule has 0 fully saturated rings. The Hall–Kier alpha value is -3.52. The van der Waals surface area contributed by atoms with Crippen LogP contribution in [0.15, 0.2) is 72.8 Å². The van der Waals surface area contributed by atoms with E-state index in [1.165, 1.54) is 12.1 Å². The van der Waals surface area contributed by atoms with Crippen molar-refractivity contribution in [2.75, 3.05) is 14.2 Å². The van der Waals surface area contributed by atoms with Gasteiger partial charge in [0, 0.05) is 13.1 Å². The highest BCUT2D eigenvalue weighted by atomic mass is 19.4. The molecule has 1 amide bonds. The van der Waals surface area contributed by atoms with Crippen LogP contribution in [0.5, 0.6) is 11.5 Å². The minimum absolute atomic E-state index is 0.0379. The topological polar surface area (TPSA) is 59.6 Å². The highest BCUT2D eigenvalue weighted by Gasteiger charge is 2.30. The summed E-state index contributed by atoms with van der Waals surface area (Å²) >= 11 is 0.